The average Bonchev–Trinajstić information content (AvgIpc) is 3.14. The SMILES string of the molecule is CCc1nncn1CCNC(=NC)N1CCC(Oc2ccccc2)CC1. The van der Waals surface area contributed by atoms with Crippen molar-refractivity contribution < 1.29 is 4.74 Å². The number of guanidine groups is 1. The lowest BCUT2D eigenvalue weighted by atomic mass is 10.1. The highest BCUT2D eigenvalue weighted by Gasteiger charge is 2.22. The lowest BCUT2D eigenvalue weighted by Crippen LogP contribution is -2.48. The lowest BCUT2D eigenvalue weighted by Gasteiger charge is -2.34. The van der Waals surface area contributed by atoms with E-state index in [1.807, 2.05) is 37.4 Å². The fourth-order valence-electron chi connectivity index (χ4n) is 3.24. The molecule has 0 bridgehead atoms. The number of likely N-dealkylation sites (tertiary alicyclic amines) is 1. The molecule has 1 aliphatic heterocycles. The van der Waals surface area contributed by atoms with Crippen LogP contribution in [0.5, 0.6) is 5.75 Å². The van der Waals surface area contributed by atoms with Crippen LogP contribution in [0.15, 0.2) is 41.7 Å². The summed E-state index contributed by atoms with van der Waals surface area (Å²) >= 11 is 0. The van der Waals surface area contributed by atoms with Crippen molar-refractivity contribution >= 4 is 5.96 Å². The van der Waals surface area contributed by atoms with Crippen molar-refractivity contribution in [1.29, 1.82) is 0 Å². The van der Waals surface area contributed by atoms with E-state index in [9.17, 15) is 0 Å². The van der Waals surface area contributed by atoms with Crippen LogP contribution in [0.4, 0.5) is 0 Å². The van der Waals surface area contributed by atoms with E-state index in [2.05, 4.69) is 36.9 Å². The summed E-state index contributed by atoms with van der Waals surface area (Å²) in [6.45, 7) is 5.63. The second-order valence-electron chi connectivity index (χ2n) is 6.39. The average molecular weight is 356 g/mol. The van der Waals surface area contributed by atoms with Crippen molar-refractivity contribution in [3.8, 4) is 5.75 Å². The van der Waals surface area contributed by atoms with E-state index < -0.39 is 0 Å². The van der Waals surface area contributed by atoms with E-state index in [1.165, 1.54) is 0 Å². The molecule has 0 radical (unpaired) electrons. The van der Waals surface area contributed by atoms with Gasteiger partial charge in [-0.2, -0.15) is 0 Å². The summed E-state index contributed by atoms with van der Waals surface area (Å²) in [6, 6.07) is 10.1. The molecule has 0 spiro atoms. The lowest BCUT2D eigenvalue weighted by molar-refractivity contribution is 0.129. The maximum absolute atomic E-state index is 6.07. The van der Waals surface area contributed by atoms with Gasteiger partial charge < -0.3 is 19.5 Å². The highest BCUT2D eigenvalue weighted by molar-refractivity contribution is 5.79. The molecule has 1 N–H and O–H groups in total. The third-order valence-corrected chi connectivity index (χ3v) is 4.65. The highest BCUT2D eigenvalue weighted by atomic mass is 16.5. The molecule has 0 unspecified atom stereocenters. The van der Waals surface area contributed by atoms with Crippen LogP contribution in [0.25, 0.3) is 0 Å². The number of hydrogen-bond acceptors (Lipinski definition) is 4. The predicted molar refractivity (Wildman–Crippen MR) is 102 cm³/mol. The van der Waals surface area contributed by atoms with Crippen molar-refractivity contribution in [3.05, 3.63) is 42.5 Å². The van der Waals surface area contributed by atoms with Gasteiger partial charge in [-0.3, -0.25) is 4.99 Å². The minimum atomic E-state index is 0.274. The van der Waals surface area contributed by atoms with Gasteiger partial charge in [-0.1, -0.05) is 25.1 Å². The Balaban J connectivity index is 1.43. The Bertz CT molecular complexity index is 691. The van der Waals surface area contributed by atoms with Crippen LogP contribution in [0.2, 0.25) is 0 Å². The van der Waals surface area contributed by atoms with Crippen molar-refractivity contribution in [1.82, 2.24) is 25.0 Å². The zero-order chi connectivity index (χ0) is 18.2. The summed E-state index contributed by atoms with van der Waals surface area (Å²) in [6.07, 6.45) is 4.96. The first-order chi connectivity index (χ1) is 12.8. The molecule has 0 aliphatic carbocycles. The van der Waals surface area contributed by atoms with Gasteiger partial charge in [0.2, 0.25) is 0 Å². The van der Waals surface area contributed by atoms with Gasteiger partial charge in [-0.15, -0.1) is 10.2 Å². The Morgan fingerprint density at radius 3 is 2.73 bits per heavy atom. The van der Waals surface area contributed by atoms with Crippen LogP contribution >= 0.6 is 0 Å². The molecule has 140 valence electrons. The summed E-state index contributed by atoms with van der Waals surface area (Å²) in [4.78, 5) is 6.74. The van der Waals surface area contributed by atoms with E-state index >= 15 is 0 Å². The van der Waals surface area contributed by atoms with Crippen LogP contribution < -0.4 is 10.1 Å². The Hall–Kier alpha value is -2.57. The molecule has 0 atom stereocenters. The summed E-state index contributed by atoms with van der Waals surface area (Å²) in [5.74, 6) is 2.92. The topological polar surface area (TPSA) is 67.6 Å². The number of nitrogens with one attached hydrogen (secondary N) is 1. The quantitative estimate of drug-likeness (QED) is 0.633. The Morgan fingerprint density at radius 1 is 1.27 bits per heavy atom. The fourth-order valence-corrected chi connectivity index (χ4v) is 3.24. The third kappa shape index (κ3) is 4.74. The minimum absolute atomic E-state index is 0.274. The van der Waals surface area contributed by atoms with Gasteiger partial charge >= 0.3 is 0 Å². The number of aromatic nitrogens is 3. The van der Waals surface area contributed by atoms with Crippen molar-refractivity contribution in [2.24, 2.45) is 4.99 Å². The smallest absolute Gasteiger partial charge is 0.193 e. The number of aliphatic imine (C=N–C) groups is 1. The molecule has 7 heteroatoms. The normalized spacial score (nSPS) is 15.9. The maximum Gasteiger partial charge on any atom is 0.193 e. The number of rotatable bonds is 6. The van der Waals surface area contributed by atoms with Gasteiger partial charge in [-0.25, -0.2) is 0 Å². The molecule has 0 amide bonds. The van der Waals surface area contributed by atoms with E-state index in [0.717, 1.165) is 63.0 Å². The molecular weight excluding hydrogens is 328 g/mol. The van der Waals surface area contributed by atoms with Gasteiger partial charge in [0.05, 0.1) is 0 Å². The summed E-state index contributed by atoms with van der Waals surface area (Å²) < 4.78 is 8.15. The number of hydrogen-bond donors (Lipinski definition) is 1. The van der Waals surface area contributed by atoms with Crippen LogP contribution in [0.1, 0.15) is 25.6 Å². The predicted octanol–water partition coefficient (Wildman–Crippen LogP) is 1.96. The van der Waals surface area contributed by atoms with Crippen molar-refractivity contribution in [2.45, 2.75) is 38.8 Å². The maximum atomic E-state index is 6.07. The van der Waals surface area contributed by atoms with Crippen LogP contribution in [-0.2, 0) is 13.0 Å². The monoisotopic (exact) mass is 356 g/mol. The molecule has 26 heavy (non-hydrogen) atoms. The number of benzene rings is 1. The number of ether oxygens (including phenoxy) is 1. The molecule has 1 saturated heterocycles. The van der Waals surface area contributed by atoms with Crippen LogP contribution in [0.3, 0.4) is 0 Å². The molecule has 1 aliphatic rings. The first-order valence-corrected chi connectivity index (χ1v) is 9.34. The first-order valence-electron chi connectivity index (χ1n) is 9.34. The van der Waals surface area contributed by atoms with Crippen molar-refractivity contribution in [2.75, 3.05) is 26.7 Å². The first kappa shape index (κ1) is 18.2. The molecule has 3 rings (SSSR count). The third-order valence-electron chi connectivity index (χ3n) is 4.65. The van der Waals surface area contributed by atoms with Crippen molar-refractivity contribution in [3.63, 3.8) is 0 Å². The largest absolute Gasteiger partial charge is 0.490 e. The number of nitrogens with zero attached hydrogens (tertiary/aromatic N) is 5. The summed E-state index contributed by atoms with van der Waals surface area (Å²) in [5.41, 5.74) is 0. The summed E-state index contributed by atoms with van der Waals surface area (Å²) in [7, 11) is 1.84. The summed E-state index contributed by atoms with van der Waals surface area (Å²) in [5, 5.41) is 11.5. The molecule has 1 aromatic heterocycles. The highest BCUT2D eigenvalue weighted by Crippen LogP contribution is 2.18. The minimum Gasteiger partial charge on any atom is -0.490 e. The Labute approximate surface area is 155 Å². The van der Waals surface area contributed by atoms with E-state index in [4.69, 9.17) is 4.74 Å². The Kier molecular flexibility index (Phi) is 6.46. The van der Waals surface area contributed by atoms with Gasteiger partial charge in [0.1, 0.15) is 24.0 Å². The molecule has 7 nitrogen and oxygen atoms in total. The number of piperidine rings is 1. The van der Waals surface area contributed by atoms with Crippen LogP contribution in [-0.4, -0.2) is 58.4 Å². The second-order valence-corrected chi connectivity index (χ2v) is 6.39. The van der Waals surface area contributed by atoms with Gasteiger partial charge in [0, 0.05) is 52.5 Å². The molecule has 0 saturated carbocycles. The molecule has 2 aromatic rings. The van der Waals surface area contributed by atoms with Crippen LogP contribution in [0, 0.1) is 0 Å². The standard InChI is InChI=1S/C19H28N6O/c1-3-18-23-22-15-25(18)14-11-21-19(20-2)24-12-9-17(10-13-24)26-16-7-5-4-6-8-16/h4-8,15,17H,3,9-14H2,1-2H3,(H,20,21). The van der Waals surface area contributed by atoms with E-state index in [1.54, 1.807) is 6.33 Å². The Morgan fingerprint density at radius 2 is 2.04 bits per heavy atom. The molecule has 1 aromatic carbocycles. The number of aryl methyl sites for hydroxylation is 1. The zero-order valence-electron chi connectivity index (χ0n) is 15.6. The fraction of sp³-hybridized carbons (Fsp3) is 0.526. The van der Waals surface area contributed by atoms with Gasteiger partial charge in [0.15, 0.2) is 5.96 Å². The van der Waals surface area contributed by atoms with Gasteiger partial charge in [-0.05, 0) is 12.1 Å². The molecule has 2 heterocycles. The van der Waals surface area contributed by atoms with E-state index in [0.29, 0.717) is 0 Å². The number of para-hydroxylation sites is 1. The van der Waals surface area contributed by atoms with Gasteiger partial charge in [0.25, 0.3) is 0 Å². The second kappa shape index (κ2) is 9.22. The molecule has 1 fully saturated rings. The zero-order valence-corrected chi connectivity index (χ0v) is 15.6. The molecular formula is C19H28N6O. The van der Waals surface area contributed by atoms with E-state index in [-0.39, 0.29) is 6.10 Å².